The first kappa shape index (κ1) is 18.5. The number of aromatic nitrogens is 4. The number of aromatic amines is 3. The van der Waals surface area contributed by atoms with E-state index in [4.69, 9.17) is 9.84 Å². The largest absolute Gasteiger partial charge is 0.394 e. The van der Waals surface area contributed by atoms with Gasteiger partial charge in [0.2, 0.25) is 0 Å². The second kappa shape index (κ2) is 7.85. The number of ether oxygens (including phenoxy) is 1. The lowest BCUT2D eigenvalue weighted by atomic mass is 10.1. The smallest absolute Gasteiger partial charge is 0.330 e. The van der Waals surface area contributed by atoms with Crippen LogP contribution in [0.15, 0.2) is 43.7 Å². The highest BCUT2D eigenvalue weighted by Gasteiger charge is 2.43. The van der Waals surface area contributed by atoms with Gasteiger partial charge >= 0.3 is 11.4 Å². The van der Waals surface area contributed by atoms with Crippen molar-refractivity contribution < 1.29 is 20.1 Å². The summed E-state index contributed by atoms with van der Waals surface area (Å²) < 4.78 is 6.08. The van der Waals surface area contributed by atoms with Gasteiger partial charge in [0.25, 0.3) is 11.1 Å². The highest BCUT2D eigenvalue weighted by molar-refractivity contribution is 4.92. The lowest BCUT2D eigenvalue weighted by Gasteiger charge is -2.16. The van der Waals surface area contributed by atoms with Crippen LogP contribution in [0.25, 0.3) is 0 Å². The summed E-state index contributed by atoms with van der Waals surface area (Å²) >= 11 is 0. The lowest BCUT2D eigenvalue weighted by Crippen LogP contribution is -2.37. The maximum Gasteiger partial charge on any atom is 0.330 e. The molecule has 1 aliphatic heterocycles. The molecule has 136 valence electrons. The topological polar surface area (TPSA) is 190 Å². The average Bonchev–Trinajstić information content (AvgIpc) is 2.83. The van der Waals surface area contributed by atoms with Crippen LogP contribution in [0, 0.1) is 0 Å². The molecule has 1 fully saturated rings. The van der Waals surface area contributed by atoms with Crippen LogP contribution < -0.4 is 22.5 Å². The molecule has 0 bridgehead atoms. The molecule has 3 heterocycles. The average molecular weight is 356 g/mol. The number of hydrogen-bond acceptors (Lipinski definition) is 8. The minimum atomic E-state index is -1.35. The molecule has 0 saturated carbocycles. The molecule has 0 amide bonds. The molecule has 6 N–H and O–H groups in total. The molecular weight excluding hydrogens is 340 g/mol. The first-order valence-corrected chi connectivity index (χ1v) is 7.05. The third-order valence-corrected chi connectivity index (χ3v) is 3.33. The highest BCUT2D eigenvalue weighted by atomic mass is 16.6. The SMILES string of the molecule is O=c1cc[nH]c(=O)[nH]1.O=c1ccn([C@@H]2O[C@H](CO)[C@@H](O)[C@H]2O)c(=O)[nH]1. The van der Waals surface area contributed by atoms with E-state index in [2.05, 4.69) is 4.98 Å². The molecule has 2 aromatic rings. The van der Waals surface area contributed by atoms with Crippen LogP contribution in [0.5, 0.6) is 0 Å². The summed E-state index contributed by atoms with van der Waals surface area (Å²) in [6.07, 6.45) is -2.29. The number of aliphatic hydroxyl groups is 3. The maximum absolute atomic E-state index is 11.4. The Hall–Kier alpha value is -2.80. The van der Waals surface area contributed by atoms with Crippen LogP contribution in [-0.4, -0.2) is 59.8 Å². The molecular formula is C13H16N4O8. The fourth-order valence-electron chi connectivity index (χ4n) is 2.12. The summed E-state index contributed by atoms with van der Waals surface area (Å²) in [7, 11) is 0. The van der Waals surface area contributed by atoms with E-state index in [1.807, 2.05) is 9.97 Å². The van der Waals surface area contributed by atoms with Crippen molar-refractivity contribution in [1.82, 2.24) is 19.5 Å². The van der Waals surface area contributed by atoms with Gasteiger partial charge < -0.3 is 25.0 Å². The van der Waals surface area contributed by atoms with Crippen molar-refractivity contribution in [3.05, 3.63) is 66.2 Å². The monoisotopic (exact) mass is 356 g/mol. The summed E-state index contributed by atoms with van der Waals surface area (Å²) in [4.78, 5) is 49.0. The van der Waals surface area contributed by atoms with E-state index < -0.39 is 48.1 Å². The zero-order valence-electron chi connectivity index (χ0n) is 12.7. The van der Waals surface area contributed by atoms with E-state index in [1.165, 1.54) is 12.3 Å². The summed E-state index contributed by atoms with van der Waals surface area (Å²) in [5, 5.41) is 28.1. The Morgan fingerprint density at radius 2 is 1.72 bits per heavy atom. The Morgan fingerprint density at radius 1 is 1.04 bits per heavy atom. The second-order valence-corrected chi connectivity index (χ2v) is 5.04. The zero-order valence-corrected chi connectivity index (χ0v) is 12.7. The molecule has 0 aromatic carbocycles. The molecule has 12 heteroatoms. The van der Waals surface area contributed by atoms with Crippen molar-refractivity contribution >= 4 is 0 Å². The minimum Gasteiger partial charge on any atom is -0.394 e. The Morgan fingerprint density at radius 3 is 2.20 bits per heavy atom. The van der Waals surface area contributed by atoms with Crippen molar-refractivity contribution in [1.29, 1.82) is 0 Å². The van der Waals surface area contributed by atoms with Crippen LogP contribution in [-0.2, 0) is 4.74 Å². The molecule has 4 atom stereocenters. The summed E-state index contributed by atoms with van der Waals surface area (Å²) in [6.45, 7) is -0.479. The van der Waals surface area contributed by atoms with Gasteiger partial charge in [-0.25, -0.2) is 9.59 Å². The van der Waals surface area contributed by atoms with Crippen LogP contribution in [0.1, 0.15) is 6.23 Å². The molecule has 3 rings (SSSR count). The fraction of sp³-hybridized carbons (Fsp3) is 0.385. The predicted octanol–water partition coefficient (Wildman–Crippen LogP) is -3.79. The van der Waals surface area contributed by atoms with Crippen LogP contribution >= 0.6 is 0 Å². The Labute approximate surface area is 138 Å². The van der Waals surface area contributed by atoms with Gasteiger partial charge in [-0.05, 0) is 0 Å². The highest BCUT2D eigenvalue weighted by Crippen LogP contribution is 2.27. The van der Waals surface area contributed by atoms with Gasteiger partial charge in [-0.2, -0.15) is 0 Å². The molecule has 12 nitrogen and oxygen atoms in total. The first-order chi connectivity index (χ1) is 11.8. The van der Waals surface area contributed by atoms with E-state index >= 15 is 0 Å². The van der Waals surface area contributed by atoms with Crippen LogP contribution in [0.3, 0.4) is 0 Å². The van der Waals surface area contributed by atoms with Gasteiger partial charge in [0.05, 0.1) is 6.61 Å². The lowest BCUT2D eigenvalue weighted by molar-refractivity contribution is -0.0550. The van der Waals surface area contributed by atoms with Crippen LogP contribution in [0.4, 0.5) is 0 Å². The van der Waals surface area contributed by atoms with Gasteiger partial charge in [-0.3, -0.25) is 24.1 Å². The van der Waals surface area contributed by atoms with E-state index in [0.29, 0.717) is 0 Å². The molecule has 25 heavy (non-hydrogen) atoms. The molecule has 1 saturated heterocycles. The minimum absolute atomic E-state index is 0.381. The molecule has 0 spiro atoms. The third kappa shape index (κ3) is 4.39. The summed E-state index contributed by atoms with van der Waals surface area (Å²) in [6, 6.07) is 2.33. The number of rotatable bonds is 2. The van der Waals surface area contributed by atoms with E-state index in [0.717, 1.165) is 16.8 Å². The molecule has 1 aliphatic rings. The fourth-order valence-corrected chi connectivity index (χ4v) is 2.12. The molecule has 0 radical (unpaired) electrons. The van der Waals surface area contributed by atoms with E-state index in [-0.39, 0.29) is 5.56 Å². The number of aliphatic hydroxyl groups excluding tert-OH is 3. The van der Waals surface area contributed by atoms with Crippen molar-refractivity contribution in [2.24, 2.45) is 0 Å². The van der Waals surface area contributed by atoms with Crippen molar-refractivity contribution in [3.8, 4) is 0 Å². The number of nitrogens with zero attached hydrogens (tertiary/aromatic N) is 1. The van der Waals surface area contributed by atoms with Gasteiger partial charge in [0.15, 0.2) is 6.23 Å². The Kier molecular flexibility index (Phi) is 5.82. The molecule has 0 aliphatic carbocycles. The summed E-state index contributed by atoms with van der Waals surface area (Å²) in [5.74, 6) is 0. The third-order valence-electron chi connectivity index (χ3n) is 3.33. The van der Waals surface area contributed by atoms with Gasteiger partial charge in [0.1, 0.15) is 18.3 Å². The number of hydrogen-bond donors (Lipinski definition) is 6. The van der Waals surface area contributed by atoms with E-state index in [9.17, 15) is 29.4 Å². The molecule has 0 unspecified atom stereocenters. The maximum atomic E-state index is 11.4. The normalized spacial score (nSPS) is 25.2. The van der Waals surface area contributed by atoms with Crippen molar-refractivity contribution in [3.63, 3.8) is 0 Å². The Bertz CT molecular complexity index is 903. The quantitative estimate of drug-likeness (QED) is 0.316. The van der Waals surface area contributed by atoms with Crippen molar-refractivity contribution in [2.75, 3.05) is 6.61 Å². The van der Waals surface area contributed by atoms with Crippen molar-refractivity contribution in [2.45, 2.75) is 24.5 Å². The van der Waals surface area contributed by atoms with Crippen LogP contribution in [0.2, 0.25) is 0 Å². The van der Waals surface area contributed by atoms with E-state index in [1.54, 1.807) is 0 Å². The van der Waals surface area contributed by atoms with Gasteiger partial charge in [-0.15, -0.1) is 0 Å². The van der Waals surface area contributed by atoms with Gasteiger partial charge in [0, 0.05) is 24.5 Å². The number of H-pyrrole nitrogens is 3. The van der Waals surface area contributed by atoms with Gasteiger partial charge in [-0.1, -0.05) is 0 Å². The molecule has 2 aromatic heterocycles. The zero-order chi connectivity index (χ0) is 18.6. The standard InChI is InChI=1S/C9H12N2O6.C4H4N2O2/c12-3-4-6(14)7(15)8(17-4)11-2-1-5(13)10-9(11)16;7-3-1-2-5-4(8)6-3/h1-2,4,6-8,12,14-15H,3H2,(H,10,13,16);1-2H,(H2,5,6,7,8)/t4-,6-,7-,8-;/m1./s1. The number of nitrogens with one attached hydrogen (secondary N) is 3. The second-order valence-electron chi connectivity index (χ2n) is 5.04. The first-order valence-electron chi connectivity index (χ1n) is 7.05. The Balaban J connectivity index is 0.000000236. The summed E-state index contributed by atoms with van der Waals surface area (Å²) in [5.41, 5.74) is -2.18. The predicted molar refractivity (Wildman–Crippen MR) is 82.0 cm³/mol.